The summed E-state index contributed by atoms with van der Waals surface area (Å²) in [6.07, 6.45) is 4.60. The van der Waals surface area contributed by atoms with E-state index in [1.54, 1.807) is 11.3 Å². The topological polar surface area (TPSA) is 32.6 Å². The van der Waals surface area contributed by atoms with Crippen LogP contribution in [0.25, 0.3) is 4.96 Å². The minimum atomic E-state index is 0.546. The fraction of sp³-hybridized carbons (Fsp3) is 0.688. The van der Waals surface area contributed by atoms with Crippen molar-refractivity contribution in [2.75, 3.05) is 19.6 Å². The maximum atomic E-state index is 4.59. The third kappa shape index (κ3) is 4.28. The molecule has 2 aromatic heterocycles. The largest absolute Gasteiger partial charge is 0.309 e. The van der Waals surface area contributed by atoms with Crippen molar-refractivity contribution in [1.82, 2.24) is 19.6 Å². The van der Waals surface area contributed by atoms with Gasteiger partial charge in [0, 0.05) is 24.2 Å². The summed E-state index contributed by atoms with van der Waals surface area (Å²) in [5, 5.41) is 5.74. The number of aromatic nitrogens is 2. The Hall–Kier alpha value is -0.910. The molecule has 0 aromatic carbocycles. The first-order valence-electron chi connectivity index (χ1n) is 8.02. The van der Waals surface area contributed by atoms with Gasteiger partial charge in [0.05, 0.1) is 11.4 Å². The molecule has 0 radical (unpaired) electrons. The van der Waals surface area contributed by atoms with Gasteiger partial charge in [-0.3, -0.25) is 4.40 Å². The molecule has 0 fully saturated rings. The third-order valence-corrected chi connectivity index (χ3v) is 4.94. The zero-order valence-electron chi connectivity index (χ0n) is 13.7. The summed E-state index contributed by atoms with van der Waals surface area (Å²) in [5.74, 6) is 0. The van der Waals surface area contributed by atoms with Crippen molar-refractivity contribution < 1.29 is 0 Å². The smallest absolute Gasteiger partial charge is 0.194 e. The van der Waals surface area contributed by atoms with E-state index < -0.39 is 0 Å². The van der Waals surface area contributed by atoms with E-state index in [1.807, 2.05) is 0 Å². The van der Waals surface area contributed by atoms with E-state index in [-0.39, 0.29) is 0 Å². The third-order valence-electron chi connectivity index (χ3n) is 4.19. The molecule has 0 aliphatic heterocycles. The number of imidazole rings is 1. The molecule has 1 atom stereocenters. The van der Waals surface area contributed by atoms with Crippen molar-refractivity contribution in [2.24, 2.45) is 0 Å². The van der Waals surface area contributed by atoms with Crippen LogP contribution in [0.3, 0.4) is 0 Å². The van der Waals surface area contributed by atoms with Gasteiger partial charge in [0.25, 0.3) is 0 Å². The van der Waals surface area contributed by atoms with Crippen LogP contribution < -0.4 is 5.32 Å². The van der Waals surface area contributed by atoms with Gasteiger partial charge in [-0.25, -0.2) is 4.98 Å². The van der Waals surface area contributed by atoms with Crippen LogP contribution in [0.2, 0.25) is 0 Å². The molecule has 0 aliphatic rings. The van der Waals surface area contributed by atoms with Gasteiger partial charge in [-0.1, -0.05) is 13.8 Å². The lowest BCUT2D eigenvalue weighted by Gasteiger charge is -2.19. The molecule has 1 unspecified atom stereocenters. The second-order valence-electron chi connectivity index (χ2n) is 5.65. The molecule has 0 bridgehead atoms. The molecule has 4 nitrogen and oxygen atoms in total. The molecule has 2 aromatic rings. The fourth-order valence-electron chi connectivity index (χ4n) is 2.69. The zero-order chi connectivity index (χ0) is 15.2. The van der Waals surface area contributed by atoms with Gasteiger partial charge in [-0.05, 0) is 46.3 Å². The molecule has 21 heavy (non-hydrogen) atoms. The maximum Gasteiger partial charge on any atom is 0.194 e. The predicted molar refractivity (Wildman–Crippen MR) is 91.1 cm³/mol. The molecule has 0 saturated carbocycles. The fourth-order valence-corrected chi connectivity index (χ4v) is 3.47. The molecule has 5 heteroatoms. The molecule has 2 heterocycles. The quantitative estimate of drug-likeness (QED) is 0.771. The Balaban J connectivity index is 1.77. The molecular weight excluding hydrogens is 280 g/mol. The second kappa shape index (κ2) is 7.92. The molecule has 0 saturated heterocycles. The van der Waals surface area contributed by atoms with Crippen LogP contribution in [0.15, 0.2) is 11.6 Å². The molecule has 0 aliphatic carbocycles. The van der Waals surface area contributed by atoms with Crippen molar-refractivity contribution in [3.05, 3.63) is 23.0 Å². The SMILES string of the molecule is CCN(CC)CCCC(C)NCc1c(C)nc2sccn12. The van der Waals surface area contributed by atoms with Gasteiger partial charge in [-0.15, -0.1) is 11.3 Å². The molecule has 0 spiro atoms. The van der Waals surface area contributed by atoms with E-state index in [0.29, 0.717) is 6.04 Å². The average molecular weight is 308 g/mol. The van der Waals surface area contributed by atoms with E-state index in [4.69, 9.17) is 0 Å². The highest BCUT2D eigenvalue weighted by Gasteiger charge is 2.10. The molecule has 2 rings (SSSR count). The number of nitrogens with zero attached hydrogens (tertiary/aromatic N) is 3. The first-order chi connectivity index (χ1) is 10.2. The number of rotatable bonds is 9. The lowest BCUT2D eigenvalue weighted by Crippen LogP contribution is -2.29. The summed E-state index contributed by atoms with van der Waals surface area (Å²) in [6, 6.07) is 0.546. The van der Waals surface area contributed by atoms with E-state index >= 15 is 0 Å². The zero-order valence-corrected chi connectivity index (χ0v) is 14.5. The van der Waals surface area contributed by atoms with Crippen LogP contribution in [0.1, 0.15) is 45.0 Å². The highest BCUT2D eigenvalue weighted by molar-refractivity contribution is 7.15. The van der Waals surface area contributed by atoms with Gasteiger partial charge < -0.3 is 10.2 Å². The summed E-state index contributed by atoms with van der Waals surface area (Å²) in [7, 11) is 0. The number of hydrogen-bond acceptors (Lipinski definition) is 4. The van der Waals surface area contributed by atoms with Gasteiger partial charge in [0.1, 0.15) is 0 Å². The Morgan fingerprint density at radius 3 is 2.86 bits per heavy atom. The summed E-state index contributed by atoms with van der Waals surface area (Å²) in [4.78, 5) is 8.18. The Bertz CT molecular complexity index is 541. The lowest BCUT2D eigenvalue weighted by atomic mass is 10.1. The lowest BCUT2D eigenvalue weighted by molar-refractivity contribution is 0.290. The van der Waals surface area contributed by atoms with Crippen molar-refractivity contribution in [1.29, 1.82) is 0 Å². The number of hydrogen-bond donors (Lipinski definition) is 1. The van der Waals surface area contributed by atoms with E-state index in [0.717, 1.165) is 30.3 Å². The van der Waals surface area contributed by atoms with Crippen LogP contribution in [0, 0.1) is 6.92 Å². The van der Waals surface area contributed by atoms with Crippen LogP contribution in [0.5, 0.6) is 0 Å². The minimum absolute atomic E-state index is 0.546. The summed E-state index contributed by atoms with van der Waals surface area (Å²) < 4.78 is 2.20. The van der Waals surface area contributed by atoms with Crippen molar-refractivity contribution in [2.45, 2.75) is 53.1 Å². The average Bonchev–Trinajstić information content (AvgIpc) is 3.02. The first kappa shape index (κ1) is 16.5. The summed E-state index contributed by atoms with van der Waals surface area (Å²) >= 11 is 1.70. The van der Waals surface area contributed by atoms with E-state index in [1.165, 1.54) is 25.1 Å². The van der Waals surface area contributed by atoms with Crippen molar-refractivity contribution in [3.8, 4) is 0 Å². The van der Waals surface area contributed by atoms with Crippen LogP contribution in [-0.2, 0) is 6.54 Å². The standard InChI is InChI=1S/C16H28N4S/c1-5-19(6-2)9-7-8-13(3)17-12-15-14(4)18-16-20(15)10-11-21-16/h10-11,13,17H,5-9,12H2,1-4H3. The van der Waals surface area contributed by atoms with Gasteiger partial charge in [0.15, 0.2) is 4.96 Å². The summed E-state index contributed by atoms with van der Waals surface area (Å²) in [5.41, 5.74) is 2.44. The number of aryl methyl sites for hydroxylation is 1. The minimum Gasteiger partial charge on any atom is -0.309 e. The second-order valence-corrected chi connectivity index (χ2v) is 6.52. The van der Waals surface area contributed by atoms with Gasteiger partial charge in [0.2, 0.25) is 0 Å². The van der Waals surface area contributed by atoms with Gasteiger partial charge >= 0.3 is 0 Å². The highest BCUT2D eigenvalue weighted by atomic mass is 32.1. The Morgan fingerprint density at radius 1 is 1.38 bits per heavy atom. The Morgan fingerprint density at radius 2 is 2.14 bits per heavy atom. The number of thiazole rings is 1. The van der Waals surface area contributed by atoms with E-state index in [2.05, 4.69) is 58.9 Å². The summed E-state index contributed by atoms with van der Waals surface area (Å²) in [6.45, 7) is 13.3. The molecular formula is C16H28N4S. The maximum absolute atomic E-state index is 4.59. The van der Waals surface area contributed by atoms with Crippen LogP contribution >= 0.6 is 11.3 Å². The van der Waals surface area contributed by atoms with Crippen LogP contribution in [0.4, 0.5) is 0 Å². The predicted octanol–water partition coefficient (Wildman–Crippen LogP) is 3.30. The Labute approximate surface area is 132 Å². The first-order valence-corrected chi connectivity index (χ1v) is 8.90. The van der Waals surface area contributed by atoms with Crippen LogP contribution in [-0.4, -0.2) is 40.0 Å². The Kier molecular flexibility index (Phi) is 6.21. The molecule has 0 amide bonds. The number of fused-ring (bicyclic) bond motifs is 1. The van der Waals surface area contributed by atoms with E-state index in [9.17, 15) is 0 Å². The number of nitrogens with one attached hydrogen (secondary N) is 1. The highest BCUT2D eigenvalue weighted by Crippen LogP contribution is 2.16. The normalized spacial score (nSPS) is 13.4. The van der Waals surface area contributed by atoms with Crippen molar-refractivity contribution in [3.63, 3.8) is 0 Å². The monoisotopic (exact) mass is 308 g/mol. The van der Waals surface area contributed by atoms with Gasteiger partial charge in [-0.2, -0.15) is 0 Å². The molecule has 1 N–H and O–H groups in total. The van der Waals surface area contributed by atoms with Crippen molar-refractivity contribution >= 4 is 16.3 Å². The molecule has 118 valence electrons.